The molecule has 2 aliphatic heterocycles. The Labute approximate surface area is 159 Å². The number of morpholine rings is 1. The average molecular weight is 373 g/mol. The van der Waals surface area contributed by atoms with Crippen LogP contribution < -0.4 is 4.90 Å². The maximum absolute atomic E-state index is 14.0. The monoisotopic (exact) mass is 373 g/mol. The number of fused-ring (bicyclic) bond motifs is 1. The van der Waals surface area contributed by atoms with E-state index in [0.717, 1.165) is 63.6 Å². The molecular formula is C20H28FN5O. The molecule has 0 bridgehead atoms. The molecule has 1 atom stereocenters. The van der Waals surface area contributed by atoms with Crippen molar-refractivity contribution in [2.75, 3.05) is 57.3 Å². The third kappa shape index (κ3) is 4.05. The Morgan fingerprint density at radius 3 is 2.74 bits per heavy atom. The number of rotatable bonds is 4. The number of anilines is 1. The Balaban J connectivity index is 1.38. The topological polar surface area (TPSA) is 44.7 Å². The summed E-state index contributed by atoms with van der Waals surface area (Å²) in [6.07, 6.45) is 1.74. The van der Waals surface area contributed by atoms with E-state index >= 15 is 0 Å². The number of piperazine rings is 1. The van der Waals surface area contributed by atoms with Crippen molar-refractivity contribution >= 4 is 16.7 Å². The fourth-order valence-electron chi connectivity index (χ4n) is 4.04. The number of halogens is 1. The van der Waals surface area contributed by atoms with Gasteiger partial charge in [-0.25, -0.2) is 14.4 Å². The lowest BCUT2D eigenvalue weighted by atomic mass is 10.2. The lowest BCUT2D eigenvalue weighted by Gasteiger charge is -2.40. The first-order chi connectivity index (χ1) is 13.1. The van der Waals surface area contributed by atoms with Crippen molar-refractivity contribution < 1.29 is 9.13 Å². The molecule has 2 aromatic rings. The summed E-state index contributed by atoms with van der Waals surface area (Å²) in [4.78, 5) is 15.7. The van der Waals surface area contributed by atoms with Gasteiger partial charge in [0.15, 0.2) is 0 Å². The molecule has 6 nitrogen and oxygen atoms in total. The van der Waals surface area contributed by atoms with E-state index in [1.165, 1.54) is 12.4 Å². The SMILES string of the molecule is CC(C)N1CCOC(CN2CCN(c3ncnc4c(F)cccc34)CC2)C1. The summed E-state index contributed by atoms with van der Waals surface area (Å²) in [7, 11) is 0. The van der Waals surface area contributed by atoms with Gasteiger partial charge in [0, 0.05) is 57.2 Å². The molecule has 2 saturated heterocycles. The molecule has 0 saturated carbocycles. The van der Waals surface area contributed by atoms with Crippen LogP contribution in [0.15, 0.2) is 24.5 Å². The van der Waals surface area contributed by atoms with Crippen LogP contribution in [0.1, 0.15) is 13.8 Å². The molecule has 0 spiro atoms. The van der Waals surface area contributed by atoms with Crippen molar-refractivity contribution in [2.24, 2.45) is 0 Å². The van der Waals surface area contributed by atoms with Crippen molar-refractivity contribution in [3.63, 3.8) is 0 Å². The van der Waals surface area contributed by atoms with Crippen molar-refractivity contribution in [1.82, 2.24) is 19.8 Å². The predicted molar refractivity (Wildman–Crippen MR) is 105 cm³/mol. The van der Waals surface area contributed by atoms with Crippen LogP contribution in [0.25, 0.3) is 10.9 Å². The molecule has 146 valence electrons. The summed E-state index contributed by atoms with van der Waals surface area (Å²) in [5.41, 5.74) is 0.398. The molecule has 1 aromatic carbocycles. The third-order valence-electron chi connectivity index (χ3n) is 5.63. The standard InChI is InChI=1S/C20H28FN5O/c1-15(2)26-10-11-27-16(13-26)12-24-6-8-25(9-7-24)20-17-4-3-5-18(21)19(17)22-14-23-20/h3-5,14-16H,6-13H2,1-2H3. The van der Waals surface area contributed by atoms with Gasteiger partial charge < -0.3 is 9.64 Å². The fourth-order valence-corrected chi connectivity index (χ4v) is 4.04. The molecule has 0 aliphatic carbocycles. The number of nitrogens with zero attached hydrogens (tertiary/aromatic N) is 5. The Hall–Kier alpha value is -1.83. The first-order valence-electron chi connectivity index (χ1n) is 9.84. The highest BCUT2D eigenvalue weighted by molar-refractivity contribution is 5.89. The lowest BCUT2D eigenvalue weighted by Crippen LogP contribution is -2.53. The Kier molecular flexibility index (Phi) is 5.52. The number of aromatic nitrogens is 2. The zero-order valence-corrected chi connectivity index (χ0v) is 16.1. The molecular weight excluding hydrogens is 345 g/mol. The largest absolute Gasteiger partial charge is 0.374 e. The van der Waals surface area contributed by atoms with Gasteiger partial charge in [-0.3, -0.25) is 9.80 Å². The maximum atomic E-state index is 14.0. The van der Waals surface area contributed by atoms with E-state index < -0.39 is 0 Å². The first kappa shape index (κ1) is 18.5. The minimum atomic E-state index is -0.293. The van der Waals surface area contributed by atoms with Gasteiger partial charge in [0.2, 0.25) is 0 Å². The minimum absolute atomic E-state index is 0.279. The summed E-state index contributed by atoms with van der Waals surface area (Å²) in [5.74, 6) is 0.540. The van der Waals surface area contributed by atoms with Crippen LogP contribution in [0.5, 0.6) is 0 Å². The Morgan fingerprint density at radius 2 is 1.96 bits per heavy atom. The highest BCUT2D eigenvalue weighted by Crippen LogP contribution is 2.25. The third-order valence-corrected chi connectivity index (χ3v) is 5.63. The van der Waals surface area contributed by atoms with E-state index in [1.54, 1.807) is 6.07 Å². The van der Waals surface area contributed by atoms with Crippen LogP contribution in [0.3, 0.4) is 0 Å². The number of benzene rings is 1. The highest BCUT2D eigenvalue weighted by Gasteiger charge is 2.26. The second-order valence-corrected chi connectivity index (χ2v) is 7.70. The Bertz CT molecular complexity index is 778. The summed E-state index contributed by atoms with van der Waals surface area (Å²) in [6.45, 7) is 12.0. The minimum Gasteiger partial charge on any atom is -0.374 e. The number of hydrogen-bond acceptors (Lipinski definition) is 6. The van der Waals surface area contributed by atoms with Crippen molar-refractivity contribution in [1.29, 1.82) is 0 Å². The van der Waals surface area contributed by atoms with Gasteiger partial charge in [0.25, 0.3) is 0 Å². The summed E-state index contributed by atoms with van der Waals surface area (Å²) >= 11 is 0. The Morgan fingerprint density at radius 1 is 1.15 bits per heavy atom. The molecule has 2 aliphatic rings. The fraction of sp³-hybridized carbons (Fsp3) is 0.600. The average Bonchev–Trinajstić information content (AvgIpc) is 2.69. The van der Waals surface area contributed by atoms with Gasteiger partial charge >= 0.3 is 0 Å². The number of ether oxygens (including phenoxy) is 1. The smallest absolute Gasteiger partial charge is 0.149 e. The quantitative estimate of drug-likeness (QED) is 0.817. The molecule has 4 rings (SSSR count). The zero-order valence-electron chi connectivity index (χ0n) is 16.1. The van der Waals surface area contributed by atoms with Crippen LogP contribution in [0.2, 0.25) is 0 Å². The van der Waals surface area contributed by atoms with Gasteiger partial charge in [-0.05, 0) is 26.0 Å². The van der Waals surface area contributed by atoms with E-state index in [2.05, 4.69) is 38.5 Å². The van der Waals surface area contributed by atoms with Gasteiger partial charge in [-0.1, -0.05) is 6.07 Å². The van der Waals surface area contributed by atoms with E-state index in [4.69, 9.17) is 4.74 Å². The van der Waals surface area contributed by atoms with Crippen molar-refractivity contribution in [3.05, 3.63) is 30.3 Å². The van der Waals surface area contributed by atoms with E-state index in [9.17, 15) is 4.39 Å². The van der Waals surface area contributed by atoms with Crippen molar-refractivity contribution in [2.45, 2.75) is 26.0 Å². The van der Waals surface area contributed by atoms with Crippen LogP contribution >= 0.6 is 0 Å². The molecule has 1 aromatic heterocycles. The van der Waals surface area contributed by atoms with Crippen LogP contribution in [-0.4, -0.2) is 84.3 Å². The summed E-state index contributed by atoms with van der Waals surface area (Å²) in [6, 6.07) is 5.64. The summed E-state index contributed by atoms with van der Waals surface area (Å²) < 4.78 is 20.0. The van der Waals surface area contributed by atoms with Gasteiger partial charge in [-0.2, -0.15) is 0 Å². The van der Waals surface area contributed by atoms with E-state index in [1.807, 2.05) is 6.07 Å². The summed E-state index contributed by atoms with van der Waals surface area (Å²) in [5, 5.41) is 0.786. The molecule has 2 fully saturated rings. The first-order valence-corrected chi connectivity index (χ1v) is 9.84. The maximum Gasteiger partial charge on any atom is 0.149 e. The molecule has 3 heterocycles. The normalized spacial score (nSPS) is 22.7. The lowest BCUT2D eigenvalue weighted by molar-refractivity contribution is -0.0525. The zero-order chi connectivity index (χ0) is 18.8. The molecule has 0 radical (unpaired) electrons. The molecule has 0 N–H and O–H groups in total. The van der Waals surface area contributed by atoms with Crippen LogP contribution in [-0.2, 0) is 4.74 Å². The number of para-hydroxylation sites is 1. The van der Waals surface area contributed by atoms with Crippen LogP contribution in [0, 0.1) is 5.82 Å². The number of hydrogen-bond donors (Lipinski definition) is 0. The van der Waals surface area contributed by atoms with Gasteiger partial charge in [0.05, 0.1) is 12.7 Å². The predicted octanol–water partition coefficient (Wildman–Crippen LogP) is 2.00. The van der Waals surface area contributed by atoms with E-state index in [-0.39, 0.29) is 11.9 Å². The molecule has 0 amide bonds. The molecule has 27 heavy (non-hydrogen) atoms. The molecule has 1 unspecified atom stereocenters. The molecule has 7 heteroatoms. The van der Waals surface area contributed by atoms with Crippen molar-refractivity contribution in [3.8, 4) is 0 Å². The van der Waals surface area contributed by atoms with Gasteiger partial charge in [0.1, 0.15) is 23.5 Å². The van der Waals surface area contributed by atoms with Gasteiger partial charge in [-0.15, -0.1) is 0 Å². The van der Waals surface area contributed by atoms with E-state index in [0.29, 0.717) is 11.6 Å². The second kappa shape index (κ2) is 8.04. The van der Waals surface area contributed by atoms with Crippen LogP contribution in [0.4, 0.5) is 10.2 Å². The highest BCUT2D eigenvalue weighted by atomic mass is 19.1. The second-order valence-electron chi connectivity index (χ2n) is 7.70.